The molecule has 2 aromatic heterocycles. The highest BCUT2D eigenvalue weighted by Crippen LogP contribution is 2.36. The maximum absolute atomic E-state index is 11.1. The Labute approximate surface area is 139 Å². The highest BCUT2D eigenvalue weighted by atomic mass is 16.7. The molecule has 0 spiro atoms. The molecule has 24 heavy (non-hydrogen) atoms. The summed E-state index contributed by atoms with van der Waals surface area (Å²) in [4.78, 5) is 15.0. The van der Waals surface area contributed by atoms with Crippen molar-refractivity contribution in [1.29, 1.82) is 0 Å². The third kappa shape index (κ3) is 3.08. The molecule has 0 aliphatic carbocycles. The Morgan fingerprint density at radius 3 is 2.75 bits per heavy atom. The number of rotatable bonds is 6. The van der Waals surface area contributed by atoms with Crippen molar-refractivity contribution in [1.82, 2.24) is 4.98 Å². The average Bonchev–Trinajstić information content (AvgIpc) is 3.03. The number of ether oxygens (including phenoxy) is 1. The van der Waals surface area contributed by atoms with Gasteiger partial charge in [-0.3, -0.25) is 15.1 Å². The van der Waals surface area contributed by atoms with Crippen molar-refractivity contribution in [3.8, 4) is 5.75 Å². The average molecular weight is 326 g/mol. The second-order valence-electron chi connectivity index (χ2n) is 5.60. The van der Waals surface area contributed by atoms with Crippen LogP contribution >= 0.6 is 0 Å². The smallest absolute Gasteiger partial charge is 0.475 e. The third-order valence-electron chi connectivity index (χ3n) is 3.85. The zero-order valence-corrected chi connectivity index (χ0v) is 13.6. The van der Waals surface area contributed by atoms with Crippen LogP contribution in [0.1, 0.15) is 37.6 Å². The van der Waals surface area contributed by atoms with E-state index in [1.165, 1.54) is 0 Å². The zero-order valence-electron chi connectivity index (χ0n) is 13.6. The first-order valence-electron chi connectivity index (χ1n) is 7.85. The zero-order chi connectivity index (χ0) is 17.1. The molecular formula is C18H18N2O4. The molecule has 0 radical (unpaired) electrons. The molecule has 0 N–H and O–H groups in total. The molecule has 1 atom stereocenters. The summed E-state index contributed by atoms with van der Waals surface area (Å²) in [6, 6.07) is 11.5. The van der Waals surface area contributed by atoms with Gasteiger partial charge in [-0.15, -0.1) is 0 Å². The van der Waals surface area contributed by atoms with Crippen molar-refractivity contribution in [3.05, 3.63) is 64.2 Å². The lowest BCUT2D eigenvalue weighted by Crippen LogP contribution is -1.98. The molecule has 1 aromatic carbocycles. The molecule has 0 saturated heterocycles. The van der Waals surface area contributed by atoms with Crippen LogP contribution in [-0.4, -0.2) is 16.5 Å². The predicted molar refractivity (Wildman–Crippen MR) is 90.4 cm³/mol. The minimum absolute atomic E-state index is 0.171. The number of furan rings is 1. The fourth-order valence-corrected chi connectivity index (χ4v) is 2.52. The second kappa shape index (κ2) is 6.70. The monoisotopic (exact) mass is 326 g/mol. The van der Waals surface area contributed by atoms with Gasteiger partial charge in [-0.1, -0.05) is 31.2 Å². The lowest BCUT2D eigenvalue weighted by atomic mass is 10.0. The van der Waals surface area contributed by atoms with Crippen molar-refractivity contribution in [3.63, 3.8) is 0 Å². The van der Waals surface area contributed by atoms with Gasteiger partial charge in [0.2, 0.25) is 5.75 Å². The van der Waals surface area contributed by atoms with Gasteiger partial charge in [-0.25, -0.2) is 0 Å². The summed E-state index contributed by atoms with van der Waals surface area (Å²) in [6.07, 6.45) is 2.56. The Bertz CT molecular complexity index is 872. The Hall–Kier alpha value is -2.89. The fraction of sp³-hybridized carbons (Fsp3) is 0.278. The van der Waals surface area contributed by atoms with Crippen LogP contribution in [-0.2, 0) is 0 Å². The SMILES string of the molecule is CCCOc1cc(C(C)c2cc3ccccc3cn2)oc1[N+](=O)[O-]. The third-order valence-corrected chi connectivity index (χ3v) is 3.85. The predicted octanol–water partition coefficient (Wildman–Crippen LogP) is 4.68. The van der Waals surface area contributed by atoms with E-state index in [0.717, 1.165) is 22.9 Å². The van der Waals surface area contributed by atoms with E-state index in [4.69, 9.17) is 9.15 Å². The van der Waals surface area contributed by atoms with Gasteiger partial charge in [0.1, 0.15) is 10.7 Å². The summed E-state index contributed by atoms with van der Waals surface area (Å²) in [5.74, 6) is 0.0680. The molecule has 3 rings (SSSR count). The summed E-state index contributed by atoms with van der Waals surface area (Å²) in [5.41, 5.74) is 0.791. The topological polar surface area (TPSA) is 78.4 Å². The molecule has 6 nitrogen and oxygen atoms in total. The number of hydrogen-bond donors (Lipinski definition) is 0. The van der Waals surface area contributed by atoms with Gasteiger partial charge in [0.15, 0.2) is 0 Å². The summed E-state index contributed by atoms with van der Waals surface area (Å²) in [7, 11) is 0. The van der Waals surface area contributed by atoms with E-state index in [9.17, 15) is 10.1 Å². The number of fused-ring (bicyclic) bond motifs is 1. The molecule has 1 unspecified atom stereocenters. The molecule has 0 bridgehead atoms. The minimum atomic E-state index is -0.560. The number of hydrogen-bond acceptors (Lipinski definition) is 5. The molecule has 0 aliphatic heterocycles. The highest BCUT2D eigenvalue weighted by molar-refractivity contribution is 5.81. The van der Waals surface area contributed by atoms with E-state index in [2.05, 4.69) is 4.98 Å². The Kier molecular flexibility index (Phi) is 4.46. The van der Waals surface area contributed by atoms with Gasteiger partial charge in [0, 0.05) is 17.6 Å². The van der Waals surface area contributed by atoms with Gasteiger partial charge in [-0.05, 0) is 24.8 Å². The van der Waals surface area contributed by atoms with Crippen LogP contribution < -0.4 is 4.74 Å². The molecule has 0 aliphatic rings. The van der Waals surface area contributed by atoms with Crippen LogP contribution in [0.15, 0.2) is 47.0 Å². The van der Waals surface area contributed by atoms with E-state index in [1.807, 2.05) is 44.2 Å². The second-order valence-corrected chi connectivity index (χ2v) is 5.60. The van der Waals surface area contributed by atoms with Crippen molar-refractivity contribution in [2.24, 2.45) is 0 Å². The van der Waals surface area contributed by atoms with Crippen LogP contribution in [0.4, 0.5) is 5.88 Å². The van der Waals surface area contributed by atoms with E-state index in [1.54, 1.807) is 12.3 Å². The van der Waals surface area contributed by atoms with Crippen molar-refractivity contribution >= 4 is 16.7 Å². The maximum Gasteiger partial charge on any atom is 0.475 e. The van der Waals surface area contributed by atoms with Gasteiger partial charge in [0.25, 0.3) is 0 Å². The summed E-state index contributed by atoms with van der Waals surface area (Å²) in [5, 5.41) is 13.3. The first kappa shape index (κ1) is 16.0. The van der Waals surface area contributed by atoms with Crippen LogP contribution in [0, 0.1) is 10.1 Å². The quantitative estimate of drug-likeness (QED) is 0.485. The van der Waals surface area contributed by atoms with E-state index >= 15 is 0 Å². The number of benzene rings is 1. The highest BCUT2D eigenvalue weighted by Gasteiger charge is 2.26. The van der Waals surface area contributed by atoms with Gasteiger partial charge >= 0.3 is 5.88 Å². The number of pyridine rings is 1. The fourth-order valence-electron chi connectivity index (χ4n) is 2.52. The molecule has 0 amide bonds. The largest absolute Gasteiger partial charge is 0.484 e. The van der Waals surface area contributed by atoms with Crippen LogP contribution in [0.2, 0.25) is 0 Å². The van der Waals surface area contributed by atoms with Crippen LogP contribution in [0.25, 0.3) is 10.8 Å². The Morgan fingerprint density at radius 1 is 1.29 bits per heavy atom. The maximum atomic E-state index is 11.1. The summed E-state index contributed by atoms with van der Waals surface area (Å²) in [6.45, 7) is 4.25. The number of nitro groups is 1. The minimum Gasteiger partial charge on any atom is -0.484 e. The van der Waals surface area contributed by atoms with E-state index in [-0.39, 0.29) is 17.6 Å². The Morgan fingerprint density at radius 2 is 2.04 bits per heavy atom. The van der Waals surface area contributed by atoms with Crippen molar-refractivity contribution in [2.75, 3.05) is 6.61 Å². The molecule has 0 saturated carbocycles. The van der Waals surface area contributed by atoms with Crippen molar-refractivity contribution in [2.45, 2.75) is 26.2 Å². The first-order chi connectivity index (χ1) is 11.6. The summed E-state index contributed by atoms with van der Waals surface area (Å²) < 4.78 is 10.9. The Balaban J connectivity index is 1.95. The van der Waals surface area contributed by atoms with Crippen LogP contribution in [0.3, 0.4) is 0 Å². The molecule has 124 valence electrons. The molecule has 2 heterocycles. The summed E-state index contributed by atoms with van der Waals surface area (Å²) >= 11 is 0. The molecule has 3 aromatic rings. The lowest BCUT2D eigenvalue weighted by molar-refractivity contribution is -0.403. The van der Waals surface area contributed by atoms with Gasteiger partial charge < -0.3 is 9.15 Å². The molecular weight excluding hydrogens is 308 g/mol. The first-order valence-corrected chi connectivity index (χ1v) is 7.85. The van der Waals surface area contributed by atoms with Crippen LogP contribution in [0.5, 0.6) is 5.75 Å². The van der Waals surface area contributed by atoms with E-state index < -0.39 is 4.92 Å². The number of aromatic nitrogens is 1. The molecule has 6 heteroatoms. The van der Waals surface area contributed by atoms with Gasteiger partial charge in [0.05, 0.1) is 18.2 Å². The lowest BCUT2D eigenvalue weighted by Gasteiger charge is -2.08. The van der Waals surface area contributed by atoms with Gasteiger partial charge in [-0.2, -0.15) is 0 Å². The molecule has 0 fully saturated rings. The number of nitrogens with zero attached hydrogens (tertiary/aromatic N) is 2. The van der Waals surface area contributed by atoms with E-state index in [0.29, 0.717) is 12.4 Å². The normalized spacial score (nSPS) is 12.2. The standard InChI is InChI=1S/C18H18N2O4/c1-3-8-23-17-10-16(24-18(17)20(21)22)12(2)15-9-13-6-4-5-7-14(13)11-19-15/h4-7,9-12H,3,8H2,1-2H3. The van der Waals surface area contributed by atoms with Crippen molar-refractivity contribution < 1.29 is 14.1 Å².